The van der Waals surface area contributed by atoms with Crippen molar-refractivity contribution in [3.05, 3.63) is 40.8 Å². The van der Waals surface area contributed by atoms with Crippen LogP contribution in [0, 0.1) is 18.3 Å². The van der Waals surface area contributed by atoms with Gasteiger partial charge in [-0.1, -0.05) is 32.0 Å². The number of fused-ring (bicyclic) bond motifs is 1. The highest BCUT2D eigenvalue weighted by atomic mass is 16.5. The molecule has 1 aromatic carbocycles. The Morgan fingerprint density at radius 3 is 2.79 bits per heavy atom. The van der Waals surface area contributed by atoms with E-state index in [1.54, 1.807) is 0 Å². The van der Waals surface area contributed by atoms with E-state index >= 15 is 0 Å². The first-order valence-corrected chi connectivity index (χ1v) is 10.3. The number of nitrogens with zero attached hydrogens (tertiary/aromatic N) is 2. The van der Waals surface area contributed by atoms with Crippen molar-refractivity contribution in [2.75, 3.05) is 32.6 Å². The van der Waals surface area contributed by atoms with Crippen molar-refractivity contribution < 1.29 is 14.1 Å². The molecule has 0 radical (unpaired) electrons. The average Bonchev–Trinajstić information content (AvgIpc) is 3.06. The van der Waals surface area contributed by atoms with Crippen LogP contribution in [0.4, 0.5) is 5.69 Å². The largest absolute Gasteiger partial charge is 0.490 e. The standard InChI is InChI=1S/C23H33N3O3/c1-15-7-9-20(28-12-11-26(5)6)18(13-15)24-22(27)21-17-14-16(23(2,3)4)8-10-19(17)29-25-21/h7,9,13,16H,8,10-12,14H2,1-6H3,(H,24,27)/t16-/m0/s1. The lowest BCUT2D eigenvalue weighted by Crippen LogP contribution is -2.27. The number of carbonyl (C=O) groups excluding carboxylic acids is 1. The number of carbonyl (C=O) groups is 1. The summed E-state index contributed by atoms with van der Waals surface area (Å²) in [4.78, 5) is 15.1. The molecule has 1 aliphatic rings. The minimum absolute atomic E-state index is 0.187. The van der Waals surface area contributed by atoms with Crippen molar-refractivity contribution in [3.8, 4) is 5.75 Å². The molecular formula is C23H33N3O3. The van der Waals surface area contributed by atoms with Gasteiger partial charge in [0.25, 0.3) is 5.91 Å². The number of nitrogens with one attached hydrogen (secondary N) is 1. The topological polar surface area (TPSA) is 67.6 Å². The van der Waals surface area contributed by atoms with Gasteiger partial charge in [-0.05, 0) is 62.9 Å². The maximum Gasteiger partial charge on any atom is 0.278 e. The quantitative estimate of drug-likeness (QED) is 0.783. The number of amides is 1. The van der Waals surface area contributed by atoms with Gasteiger partial charge in [0.2, 0.25) is 0 Å². The maximum absolute atomic E-state index is 13.1. The molecule has 6 heteroatoms. The molecule has 0 aliphatic heterocycles. The molecule has 0 bridgehead atoms. The molecule has 1 atom stereocenters. The number of ether oxygens (including phenoxy) is 1. The molecule has 1 amide bonds. The normalized spacial score (nSPS) is 16.6. The van der Waals surface area contributed by atoms with Crippen molar-refractivity contribution in [3.63, 3.8) is 0 Å². The lowest BCUT2D eigenvalue weighted by molar-refractivity contribution is 0.101. The molecule has 1 N–H and O–H groups in total. The molecule has 158 valence electrons. The summed E-state index contributed by atoms with van der Waals surface area (Å²) in [6, 6.07) is 5.80. The second-order valence-corrected chi connectivity index (χ2v) is 9.34. The fourth-order valence-corrected chi connectivity index (χ4v) is 3.71. The van der Waals surface area contributed by atoms with Gasteiger partial charge in [-0.3, -0.25) is 4.79 Å². The van der Waals surface area contributed by atoms with Gasteiger partial charge in [0.05, 0.1) is 5.69 Å². The zero-order valence-corrected chi connectivity index (χ0v) is 18.5. The van der Waals surface area contributed by atoms with Crippen molar-refractivity contribution in [2.24, 2.45) is 11.3 Å². The summed E-state index contributed by atoms with van der Waals surface area (Å²) in [7, 11) is 4.00. The Labute approximate surface area is 173 Å². The Hall–Kier alpha value is -2.34. The lowest BCUT2D eigenvalue weighted by Gasteiger charge is -2.33. The molecule has 0 unspecified atom stereocenters. The first-order valence-electron chi connectivity index (χ1n) is 10.3. The van der Waals surface area contributed by atoms with Crippen molar-refractivity contribution in [1.82, 2.24) is 10.1 Å². The Morgan fingerprint density at radius 2 is 2.10 bits per heavy atom. The van der Waals surface area contributed by atoms with Crippen LogP contribution in [-0.4, -0.2) is 43.2 Å². The van der Waals surface area contributed by atoms with Crippen LogP contribution in [0.2, 0.25) is 0 Å². The summed E-state index contributed by atoms with van der Waals surface area (Å²) >= 11 is 0. The molecule has 0 spiro atoms. The number of likely N-dealkylation sites (N-methyl/N-ethyl adjacent to an activating group) is 1. The maximum atomic E-state index is 13.1. The van der Waals surface area contributed by atoms with Crippen LogP contribution in [0.15, 0.2) is 22.7 Å². The van der Waals surface area contributed by atoms with E-state index in [1.807, 2.05) is 39.2 Å². The van der Waals surface area contributed by atoms with Crippen LogP contribution in [0.3, 0.4) is 0 Å². The summed E-state index contributed by atoms with van der Waals surface area (Å²) in [5, 5.41) is 7.11. The number of hydrogen-bond acceptors (Lipinski definition) is 5. The predicted octanol–water partition coefficient (Wildman–Crippen LogP) is 4.33. The van der Waals surface area contributed by atoms with Gasteiger partial charge in [0.15, 0.2) is 5.69 Å². The van der Waals surface area contributed by atoms with E-state index in [9.17, 15) is 4.79 Å². The van der Waals surface area contributed by atoms with Crippen molar-refractivity contribution in [2.45, 2.75) is 47.0 Å². The van der Waals surface area contributed by atoms with E-state index in [0.29, 0.717) is 29.7 Å². The third-order valence-electron chi connectivity index (χ3n) is 5.66. The second-order valence-electron chi connectivity index (χ2n) is 9.34. The SMILES string of the molecule is Cc1ccc(OCCN(C)C)c(NC(=O)c2noc3c2C[C@@H](C(C)(C)C)CC3)c1. The third-order valence-corrected chi connectivity index (χ3v) is 5.66. The Morgan fingerprint density at radius 1 is 1.34 bits per heavy atom. The lowest BCUT2D eigenvalue weighted by atomic mass is 9.71. The Balaban J connectivity index is 1.78. The van der Waals surface area contributed by atoms with E-state index in [-0.39, 0.29) is 11.3 Å². The highest BCUT2D eigenvalue weighted by Gasteiger charge is 2.34. The highest BCUT2D eigenvalue weighted by Crippen LogP contribution is 2.38. The molecule has 6 nitrogen and oxygen atoms in total. The van der Waals surface area contributed by atoms with Gasteiger partial charge in [0, 0.05) is 18.5 Å². The molecule has 1 aromatic heterocycles. The number of anilines is 1. The molecule has 0 saturated carbocycles. The molecule has 2 aromatic rings. The molecule has 29 heavy (non-hydrogen) atoms. The van der Waals surface area contributed by atoms with E-state index < -0.39 is 0 Å². The predicted molar refractivity (Wildman–Crippen MR) is 115 cm³/mol. The number of rotatable bonds is 6. The van der Waals surface area contributed by atoms with Crippen molar-refractivity contribution in [1.29, 1.82) is 0 Å². The van der Waals surface area contributed by atoms with Crippen molar-refractivity contribution >= 4 is 11.6 Å². The molecule has 0 fully saturated rings. The van der Waals surface area contributed by atoms with Gasteiger partial charge < -0.3 is 19.5 Å². The van der Waals surface area contributed by atoms with Crippen LogP contribution < -0.4 is 10.1 Å². The minimum Gasteiger partial charge on any atom is -0.490 e. The van der Waals surface area contributed by atoms with Gasteiger partial charge in [-0.25, -0.2) is 0 Å². The van der Waals surface area contributed by atoms with Gasteiger partial charge >= 0.3 is 0 Å². The fraction of sp³-hybridized carbons (Fsp3) is 0.565. The number of benzene rings is 1. The van der Waals surface area contributed by atoms with Gasteiger partial charge in [0.1, 0.15) is 18.1 Å². The van der Waals surface area contributed by atoms with Crippen LogP contribution >= 0.6 is 0 Å². The summed E-state index contributed by atoms with van der Waals surface area (Å²) in [6.45, 7) is 10.1. The monoisotopic (exact) mass is 399 g/mol. The number of hydrogen-bond donors (Lipinski definition) is 1. The summed E-state index contributed by atoms with van der Waals surface area (Å²) in [5.74, 6) is 1.77. The summed E-state index contributed by atoms with van der Waals surface area (Å²) in [5.41, 5.74) is 3.25. The molecule has 0 saturated heterocycles. The van der Waals surface area contributed by atoms with Crippen LogP contribution in [0.1, 0.15) is 54.6 Å². The Kier molecular flexibility index (Phi) is 6.32. The smallest absolute Gasteiger partial charge is 0.278 e. The van der Waals surface area contributed by atoms with Crippen LogP contribution in [-0.2, 0) is 12.8 Å². The Bertz CT molecular complexity index is 865. The average molecular weight is 400 g/mol. The fourth-order valence-electron chi connectivity index (χ4n) is 3.71. The summed E-state index contributed by atoms with van der Waals surface area (Å²) in [6.07, 6.45) is 2.72. The van der Waals surface area contributed by atoms with Crippen LogP contribution in [0.25, 0.3) is 0 Å². The second kappa shape index (κ2) is 8.57. The molecule has 1 aliphatic carbocycles. The van der Waals surface area contributed by atoms with E-state index in [0.717, 1.165) is 42.7 Å². The molecule has 3 rings (SSSR count). The van der Waals surface area contributed by atoms with E-state index in [2.05, 4.69) is 36.1 Å². The first kappa shape index (κ1) is 21.4. The first-order chi connectivity index (χ1) is 13.6. The number of aryl methyl sites for hydroxylation is 2. The molecule has 1 heterocycles. The zero-order valence-electron chi connectivity index (χ0n) is 18.5. The minimum atomic E-state index is -0.243. The third kappa shape index (κ3) is 5.18. The molecular weight excluding hydrogens is 366 g/mol. The van der Waals surface area contributed by atoms with Crippen LogP contribution in [0.5, 0.6) is 5.75 Å². The highest BCUT2D eigenvalue weighted by molar-refractivity contribution is 6.04. The van der Waals surface area contributed by atoms with E-state index in [4.69, 9.17) is 9.26 Å². The zero-order chi connectivity index (χ0) is 21.2. The van der Waals surface area contributed by atoms with Gasteiger partial charge in [-0.2, -0.15) is 0 Å². The van der Waals surface area contributed by atoms with E-state index in [1.165, 1.54) is 0 Å². The number of aromatic nitrogens is 1. The summed E-state index contributed by atoms with van der Waals surface area (Å²) < 4.78 is 11.4. The van der Waals surface area contributed by atoms with Gasteiger partial charge in [-0.15, -0.1) is 0 Å².